The number of aryl methyl sites for hydroxylation is 1. The normalized spacial score (nSPS) is 20.2. The Bertz CT molecular complexity index is 1070. The van der Waals surface area contributed by atoms with Crippen LogP contribution in [0.25, 0.3) is 11.4 Å². The van der Waals surface area contributed by atoms with Gasteiger partial charge in [0.15, 0.2) is 0 Å². The first-order valence-corrected chi connectivity index (χ1v) is 10.9. The fourth-order valence-corrected chi connectivity index (χ4v) is 4.40. The first kappa shape index (κ1) is 22.0. The van der Waals surface area contributed by atoms with Crippen molar-refractivity contribution in [2.45, 2.75) is 57.8 Å². The lowest BCUT2D eigenvalue weighted by atomic mass is 9.80. The minimum Gasteiger partial charge on any atom is -0.438 e. The van der Waals surface area contributed by atoms with Gasteiger partial charge in [-0.3, -0.25) is 0 Å². The molecule has 0 saturated carbocycles. The molecule has 2 heterocycles. The molecule has 1 N–H and O–H groups in total. The van der Waals surface area contributed by atoms with Crippen LogP contribution in [0.5, 0.6) is 0 Å². The Kier molecular flexibility index (Phi) is 5.77. The largest absolute Gasteiger partial charge is 0.438 e. The van der Waals surface area contributed by atoms with Gasteiger partial charge in [-0.1, -0.05) is 59.8 Å². The minimum atomic E-state index is -0.979. The van der Waals surface area contributed by atoms with Crippen molar-refractivity contribution >= 4 is 6.09 Å². The first-order chi connectivity index (χ1) is 15.2. The first-order valence-electron chi connectivity index (χ1n) is 10.9. The molecular weight excluding hydrogens is 406 g/mol. The monoisotopic (exact) mass is 435 g/mol. The molecule has 0 radical (unpaired) electrons. The Morgan fingerprint density at radius 1 is 1.16 bits per heavy atom. The molecule has 7 nitrogen and oxygen atoms in total. The van der Waals surface area contributed by atoms with Crippen LogP contribution < -0.4 is 0 Å². The second kappa shape index (κ2) is 8.39. The molecule has 1 aliphatic heterocycles. The lowest BCUT2D eigenvalue weighted by Crippen LogP contribution is -2.51. The number of carbonyl (C=O) groups is 1. The molecule has 168 valence electrons. The van der Waals surface area contributed by atoms with Crippen LogP contribution in [0.15, 0.2) is 59.1 Å². The number of aliphatic hydroxyl groups is 1. The van der Waals surface area contributed by atoms with E-state index in [2.05, 4.69) is 10.1 Å². The molecule has 3 aromatic rings. The van der Waals surface area contributed by atoms with E-state index in [1.807, 2.05) is 61.5 Å². The summed E-state index contributed by atoms with van der Waals surface area (Å²) in [5.74, 6) is 1.06. The maximum absolute atomic E-state index is 13.2. The zero-order valence-electron chi connectivity index (χ0n) is 18.9. The molecule has 2 atom stereocenters. The number of hydrogen-bond donors (Lipinski definition) is 1. The highest BCUT2D eigenvalue weighted by atomic mass is 16.6. The van der Waals surface area contributed by atoms with E-state index in [0.717, 1.165) is 16.7 Å². The van der Waals surface area contributed by atoms with E-state index < -0.39 is 11.2 Å². The van der Waals surface area contributed by atoms with Crippen molar-refractivity contribution in [2.24, 2.45) is 0 Å². The molecule has 1 amide bonds. The van der Waals surface area contributed by atoms with E-state index in [4.69, 9.17) is 9.26 Å². The van der Waals surface area contributed by atoms with Crippen molar-refractivity contribution < 1.29 is 19.2 Å². The number of carbonyl (C=O) groups excluding carboxylic acids is 1. The number of amides is 1. The van der Waals surface area contributed by atoms with Gasteiger partial charge >= 0.3 is 6.09 Å². The van der Waals surface area contributed by atoms with Crippen molar-refractivity contribution in [3.05, 3.63) is 71.6 Å². The molecule has 0 aliphatic carbocycles. The molecule has 1 fully saturated rings. The third kappa shape index (κ3) is 4.53. The summed E-state index contributed by atoms with van der Waals surface area (Å²) in [6.07, 6.45) is 0.545. The fraction of sp³-hybridized carbons (Fsp3) is 0.400. The Balaban J connectivity index is 1.53. The summed E-state index contributed by atoms with van der Waals surface area (Å²) in [4.78, 5) is 19.1. The highest BCUT2D eigenvalue weighted by Gasteiger charge is 2.46. The van der Waals surface area contributed by atoms with Crippen LogP contribution in [-0.4, -0.2) is 38.4 Å². The summed E-state index contributed by atoms with van der Waals surface area (Å²) in [7, 11) is 0. The predicted octanol–water partition coefficient (Wildman–Crippen LogP) is 5.00. The van der Waals surface area contributed by atoms with Gasteiger partial charge in [0.2, 0.25) is 11.7 Å². The van der Waals surface area contributed by atoms with Crippen LogP contribution in [-0.2, 0) is 10.3 Å². The summed E-state index contributed by atoms with van der Waals surface area (Å²) in [6.45, 7) is 7.75. The molecule has 4 rings (SSSR count). The van der Waals surface area contributed by atoms with Crippen LogP contribution >= 0.6 is 0 Å². The summed E-state index contributed by atoms with van der Waals surface area (Å²) >= 11 is 0. The number of hydrogen-bond acceptors (Lipinski definition) is 6. The van der Waals surface area contributed by atoms with Crippen LogP contribution in [0, 0.1) is 6.92 Å². The lowest BCUT2D eigenvalue weighted by molar-refractivity contribution is -0.101. The van der Waals surface area contributed by atoms with Crippen LogP contribution in [0.4, 0.5) is 4.79 Å². The molecular formula is C25H29N3O4. The van der Waals surface area contributed by atoms with Crippen molar-refractivity contribution in [3.63, 3.8) is 0 Å². The minimum absolute atomic E-state index is 0.167. The summed E-state index contributed by atoms with van der Waals surface area (Å²) in [5.41, 5.74) is 0.913. The Morgan fingerprint density at radius 3 is 2.41 bits per heavy atom. The Labute approximate surface area is 188 Å². The molecule has 32 heavy (non-hydrogen) atoms. The SMILES string of the molecule is Cc1nc(-c2ccc([C@H](C)N3CC[C@](CC(C)(C)O)(c4ccccc4)OC3=O)cc2)no1. The summed E-state index contributed by atoms with van der Waals surface area (Å²) in [6, 6.07) is 17.3. The number of ether oxygens (including phenoxy) is 1. The quantitative estimate of drug-likeness (QED) is 0.586. The van der Waals surface area contributed by atoms with Gasteiger partial charge in [0.1, 0.15) is 5.60 Å². The number of aromatic nitrogens is 2. The Morgan fingerprint density at radius 2 is 1.84 bits per heavy atom. The fourth-order valence-electron chi connectivity index (χ4n) is 4.40. The Hall–Kier alpha value is -3.19. The van der Waals surface area contributed by atoms with Crippen molar-refractivity contribution in [2.75, 3.05) is 6.54 Å². The number of cyclic esters (lactones) is 1. The van der Waals surface area contributed by atoms with Gasteiger partial charge in [-0.15, -0.1) is 0 Å². The van der Waals surface area contributed by atoms with Gasteiger partial charge in [0, 0.05) is 31.9 Å². The molecule has 0 bridgehead atoms. The second-order valence-electron chi connectivity index (χ2n) is 9.10. The molecule has 1 aliphatic rings. The van der Waals surface area contributed by atoms with Gasteiger partial charge in [0.25, 0.3) is 0 Å². The molecule has 0 unspecified atom stereocenters. The summed E-state index contributed by atoms with van der Waals surface area (Å²) in [5, 5.41) is 14.5. The molecule has 7 heteroatoms. The van der Waals surface area contributed by atoms with Crippen LogP contribution in [0.3, 0.4) is 0 Å². The van der Waals surface area contributed by atoms with E-state index in [9.17, 15) is 9.90 Å². The predicted molar refractivity (Wildman–Crippen MR) is 120 cm³/mol. The molecule has 1 aromatic heterocycles. The smallest absolute Gasteiger partial charge is 0.411 e. The molecule has 2 aromatic carbocycles. The van der Waals surface area contributed by atoms with Gasteiger partial charge in [-0.25, -0.2) is 4.79 Å². The highest BCUT2D eigenvalue weighted by molar-refractivity contribution is 5.70. The molecule has 0 spiro atoms. The van der Waals surface area contributed by atoms with Crippen LogP contribution in [0.1, 0.15) is 56.7 Å². The number of benzene rings is 2. The average molecular weight is 436 g/mol. The highest BCUT2D eigenvalue weighted by Crippen LogP contribution is 2.42. The number of nitrogens with zero attached hydrogens (tertiary/aromatic N) is 3. The van der Waals surface area contributed by atoms with E-state index in [1.165, 1.54) is 0 Å². The maximum Gasteiger partial charge on any atom is 0.411 e. The summed E-state index contributed by atoms with van der Waals surface area (Å²) < 4.78 is 11.1. The van der Waals surface area contributed by atoms with Crippen molar-refractivity contribution in [1.29, 1.82) is 0 Å². The second-order valence-corrected chi connectivity index (χ2v) is 9.10. The van der Waals surface area contributed by atoms with E-state index in [-0.39, 0.29) is 12.1 Å². The van der Waals surface area contributed by atoms with Crippen LogP contribution in [0.2, 0.25) is 0 Å². The van der Waals surface area contributed by atoms with E-state index >= 15 is 0 Å². The topological polar surface area (TPSA) is 88.7 Å². The average Bonchev–Trinajstić information content (AvgIpc) is 3.19. The third-order valence-corrected chi connectivity index (χ3v) is 5.94. The van der Waals surface area contributed by atoms with Gasteiger partial charge in [0.05, 0.1) is 11.6 Å². The molecule has 1 saturated heterocycles. The van der Waals surface area contributed by atoms with Crippen molar-refractivity contribution in [3.8, 4) is 11.4 Å². The van der Waals surface area contributed by atoms with Gasteiger partial charge < -0.3 is 19.3 Å². The standard InChI is InChI=1S/C25H29N3O4/c1-17(19-10-12-20(13-11-19)22-26-18(2)32-27-22)28-15-14-25(31-23(28)29,16-24(3,4)30)21-8-6-5-7-9-21/h5-13,17,30H,14-16H2,1-4H3/t17-,25-/m0/s1. The third-order valence-electron chi connectivity index (χ3n) is 5.94. The zero-order chi connectivity index (χ0) is 22.9. The zero-order valence-corrected chi connectivity index (χ0v) is 18.9. The van der Waals surface area contributed by atoms with E-state index in [1.54, 1.807) is 25.7 Å². The maximum atomic E-state index is 13.2. The van der Waals surface area contributed by atoms with E-state index in [0.29, 0.717) is 31.1 Å². The van der Waals surface area contributed by atoms with Gasteiger partial charge in [-0.2, -0.15) is 4.98 Å². The number of rotatable bonds is 6. The lowest BCUT2D eigenvalue weighted by Gasteiger charge is -2.45. The van der Waals surface area contributed by atoms with Crippen molar-refractivity contribution in [1.82, 2.24) is 15.0 Å². The van der Waals surface area contributed by atoms with Gasteiger partial charge in [-0.05, 0) is 31.9 Å².